The Morgan fingerprint density at radius 2 is 1.84 bits per heavy atom. The van der Waals surface area contributed by atoms with Gasteiger partial charge in [-0.25, -0.2) is 4.79 Å². The average Bonchev–Trinajstić information content (AvgIpc) is 3.11. The van der Waals surface area contributed by atoms with Crippen LogP contribution in [0.3, 0.4) is 0 Å². The Morgan fingerprint density at radius 1 is 1.13 bits per heavy atom. The van der Waals surface area contributed by atoms with Gasteiger partial charge in [-0.05, 0) is 24.6 Å². The van der Waals surface area contributed by atoms with Crippen molar-refractivity contribution in [1.29, 1.82) is 0 Å². The predicted octanol–water partition coefficient (Wildman–Crippen LogP) is 3.55. The molecule has 0 aliphatic rings. The number of thioether (sulfide) groups is 1. The maximum absolute atomic E-state index is 12.3. The first-order valence-electron chi connectivity index (χ1n) is 9.49. The van der Waals surface area contributed by atoms with Crippen molar-refractivity contribution in [3.63, 3.8) is 0 Å². The Hall–Kier alpha value is -3.04. The third kappa shape index (κ3) is 6.47. The first-order chi connectivity index (χ1) is 14.9. The average molecular weight is 460 g/mol. The number of rotatable bonds is 8. The fourth-order valence-corrected chi connectivity index (χ4v) is 3.55. The van der Waals surface area contributed by atoms with Gasteiger partial charge in [0.2, 0.25) is 5.91 Å². The van der Waals surface area contributed by atoms with Crippen molar-refractivity contribution in [2.75, 3.05) is 0 Å². The van der Waals surface area contributed by atoms with Crippen LogP contribution in [-0.2, 0) is 25.0 Å². The van der Waals surface area contributed by atoms with Crippen molar-refractivity contribution in [3.8, 4) is 5.75 Å². The molecule has 10 heteroatoms. The standard InChI is InChI=1S/C21H22ClN5O3S/c1-14(19(28)24-20(29)23-12-15-8-4-3-5-9-15)31-21-26-25-18(27(21)2)13-30-17-11-7-6-10-16(17)22/h3-11,14H,12-13H2,1-2H3,(H2,23,24,28,29). The zero-order valence-corrected chi connectivity index (χ0v) is 18.6. The second-order valence-electron chi connectivity index (χ2n) is 6.59. The third-order valence-electron chi connectivity index (χ3n) is 4.30. The molecule has 0 aliphatic heterocycles. The molecule has 2 aromatic carbocycles. The van der Waals surface area contributed by atoms with Gasteiger partial charge in [0.1, 0.15) is 12.4 Å². The highest BCUT2D eigenvalue weighted by Gasteiger charge is 2.20. The van der Waals surface area contributed by atoms with Crippen LogP contribution in [0.15, 0.2) is 59.8 Å². The Kier molecular flexibility index (Phi) is 7.91. The van der Waals surface area contributed by atoms with Crippen LogP contribution < -0.4 is 15.4 Å². The molecule has 0 spiro atoms. The van der Waals surface area contributed by atoms with E-state index in [0.29, 0.717) is 28.3 Å². The number of carbonyl (C=O) groups is 2. The largest absolute Gasteiger partial charge is 0.484 e. The molecule has 3 aromatic rings. The van der Waals surface area contributed by atoms with Crippen molar-refractivity contribution in [3.05, 3.63) is 71.0 Å². The third-order valence-corrected chi connectivity index (χ3v) is 5.75. The summed E-state index contributed by atoms with van der Waals surface area (Å²) < 4.78 is 7.43. The monoisotopic (exact) mass is 459 g/mol. The molecule has 0 radical (unpaired) electrons. The molecule has 1 atom stereocenters. The molecule has 0 fully saturated rings. The van der Waals surface area contributed by atoms with E-state index in [4.69, 9.17) is 16.3 Å². The quantitative estimate of drug-likeness (QED) is 0.500. The zero-order chi connectivity index (χ0) is 22.2. The van der Waals surface area contributed by atoms with E-state index in [-0.39, 0.29) is 6.61 Å². The number of hydrogen-bond donors (Lipinski definition) is 2. The summed E-state index contributed by atoms with van der Waals surface area (Å²) in [7, 11) is 1.78. The van der Waals surface area contributed by atoms with Crippen molar-refractivity contribution < 1.29 is 14.3 Å². The number of para-hydroxylation sites is 1. The van der Waals surface area contributed by atoms with Gasteiger partial charge >= 0.3 is 6.03 Å². The summed E-state index contributed by atoms with van der Waals surface area (Å²) in [6.07, 6.45) is 0. The number of hydrogen-bond acceptors (Lipinski definition) is 6. The summed E-state index contributed by atoms with van der Waals surface area (Å²) in [5, 5.41) is 13.7. The van der Waals surface area contributed by atoms with Crippen LogP contribution in [-0.4, -0.2) is 32.0 Å². The van der Waals surface area contributed by atoms with E-state index in [9.17, 15) is 9.59 Å². The minimum Gasteiger partial charge on any atom is -0.484 e. The molecule has 1 heterocycles. The Balaban J connectivity index is 1.49. The second-order valence-corrected chi connectivity index (χ2v) is 8.31. The van der Waals surface area contributed by atoms with E-state index in [0.717, 1.165) is 5.56 Å². The molecule has 0 bridgehead atoms. The fraction of sp³-hybridized carbons (Fsp3) is 0.238. The van der Waals surface area contributed by atoms with E-state index >= 15 is 0 Å². The van der Waals surface area contributed by atoms with Gasteiger partial charge in [-0.1, -0.05) is 65.8 Å². The summed E-state index contributed by atoms with van der Waals surface area (Å²) in [5.74, 6) is 0.707. The van der Waals surface area contributed by atoms with Gasteiger partial charge in [-0.2, -0.15) is 0 Å². The van der Waals surface area contributed by atoms with E-state index < -0.39 is 17.2 Å². The van der Waals surface area contributed by atoms with Gasteiger partial charge in [0.25, 0.3) is 0 Å². The van der Waals surface area contributed by atoms with Crippen LogP contribution in [0.4, 0.5) is 4.79 Å². The fourth-order valence-electron chi connectivity index (χ4n) is 2.53. The Labute approximate surface area is 189 Å². The molecule has 31 heavy (non-hydrogen) atoms. The van der Waals surface area contributed by atoms with E-state index in [1.54, 1.807) is 30.7 Å². The normalized spacial score (nSPS) is 11.6. The molecule has 1 unspecified atom stereocenters. The first-order valence-corrected chi connectivity index (χ1v) is 10.7. The topological polar surface area (TPSA) is 98.1 Å². The maximum Gasteiger partial charge on any atom is 0.321 e. The lowest BCUT2D eigenvalue weighted by Crippen LogP contribution is -2.42. The number of nitrogens with one attached hydrogen (secondary N) is 2. The van der Waals surface area contributed by atoms with Crippen LogP contribution in [0.2, 0.25) is 5.02 Å². The summed E-state index contributed by atoms with van der Waals surface area (Å²) in [4.78, 5) is 24.3. The molecule has 162 valence electrons. The van der Waals surface area contributed by atoms with Gasteiger partial charge in [0, 0.05) is 13.6 Å². The number of benzene rings is 2. The summed E-state index contributed by atoms with van der Waals surface area (Å²) in [6, 6.07) is 16.1. The number of amides is 3. The van der Waals surface area contributed by atoms with Gasteiger partial charge in [-0.15, -0.1) is 10.2 Å². The Morgan fingerprint density at radius 3 is 2.58 bits per heavy atom. The summed E-state index contributed by atoms with van der Waals surface area (Å²) in [5.41, 5.74) is 0.943. The molecule has 0 saturated heterocycles. The molecule has 8 nitrogen and oxygen atoms in total. The summed E-state index contributed by atoms with van der Waals surface area (Å²) in [6.45, 7) is 2.20. The van der Waals surface area contributed by atoms with Crippen molar-refractivity contribution >= 4 is 35.3 Å². The van der Waals surface area contributed by atoms with Gasteiger partial charge in [0.15, 0.2) is 11.0 Å². The number of nitrogens with zero attached hydrogens (tertiary/aromatic N) is 3. The lowest BCUT2D eigenvalue weighted by molar-refractivity contribution is -0.119. The molecule has 0 saturated carbocycles. The van der Waals surface area contributed by atoms with Crippen molar-refractivity contribution in [2.24, 2.45) is 7.05 Å². The van der Waals surface area contributed by atoms with Crippen LogP contribution >= 0.6 is 23.4 Å². The van der Waals surface area contributed by atoms with Gasteiger partial charge in [-0.3, -0.25) is 10.1 Å². The molecule has 2 N–H and O–H groups in total. The number of aromatic nitrogens is 3. The number of halogens is 1. The Bertz CT molecular complexity index is 1040. The van der Waals surface area contributed by atoms with Crippen LogP contribution in [0, 0.1) is 0 Å². The minimum absolute atomic E-state index is 0.177. The molecule has 0 aliphatic carbocycles. The van der Waals surface area contributed by atoms with Crippen LogP contribution in [0.5, 0.6) is 5.75 Å². The number of ether oxygens (including phenoxy) is 1. The highest BCUT2D eigenvalue weighted by molar-refractivity contribution is 8.00. The SMILES string of the molecule is CC(Sc1nnc(COc2ccccc2Cl)n1C)C(=O)NC(=O)NCc1ccccc1. The van der Waals surface area contributed by atoms with E-state index in [2.05, 4.69) is 20.8 Å². The smallest absolute Gasteiger partial charge is 0.321 e. The summed E-state index contributed by atoms with van der Waals surface area (Å²) >= 11 is 7.28. The van der Waals surface area contributed by atoms with Gasteiger partial charge in [0.05, 0.1) is 10.3 Å². The number of imide groups is 1. The van der Waals surface area contributed by atoms with Crippen LogP contribution in [0.1, 0.15) is 18.3 Å². The minimum atomic E-state index is -0.553. The van der Waals surface area contributed by atoms with E-state index in [1.807, 2.05) is 42.5 Å². The van der Waals surface area contributed by atoms with E-state index in [1.165, 1.54) is 11.8 Å². The maximum atomic E-state index is 12.3. The molecular formula is C21H22ClN5O3S. The highest BCUT2D eigenvalue weighted by atomic mass is 35.5. The number of urea groups is 1. The highest BCUT2D eigenvalue weighted by Crippen LogP contribution is 2.25. The molecule has 1 aromatic heterocycles. The lowest BCUT2D eigenvalue weighted by Gasteiger charge is -2.12. The number of carbonyl (C=O) groups excluding carboxylic acids is 2. The van der Waals surface area contributed by atoms with Crippen molar-refractivity contribution in [2.45, 2.75) is 30.5 Å². The van der Waals surface area contributed by atoms with Crippen molar-refractivity contribution in [1.82, 2.24) is 25.4 Å². The lowest BCUT2D eigenvalue weighted by atomic mass is 10.2. The molecule has 3 amide bonds. The van der Waals surface area contributed by atoms with Gasteiger partial charge < -0.3 is 14.6 Å². The molecular weight excluding hydrogens is 438 g/mol. The first kappa shape index (κ1) is 22.6. The molecule has 3 rings (SSSR count). The zero-order valence-electron chi connectivity index (χ0n) is 17.0. The van der Waals surface area contributed by atoms with Crippen LogP contribution in [0.25, 0.3) is 0 Å². The second kappa shape index (κ2) is 10.8. The predicted molar refractivity (Wildman–Crippen MR) is 119 cm³/mol.